The van der Waals surface area contributed by atoms with Gasteiger partial charge in [0, 0.05) is 12.6 Å². The van der Waals surface area contributed by atoms with Gasteiger partial charge in [-0.25, -0.2) is 9.18 Å². The van der Waals surface area contributed by atoms with Crippen LogP contribution in [0.5, 0.6) is 5.75 Å². The summed E-state index contributed by atoms with van der Waals surface area (Å²) < 4.78 is 18.8. The second-order valence-corrected chi connectivity index (χ2v) is 9.10. The number of fused-ring (bicyclic) bond motifs is 1. The lowest BCUT2D eigenvalue weighted by Crippen LogP contribution is -2.47. The van der Waals surface area contributed by atoms with Crippen LogP contribution in [0.2, 0.25) is 0 Å². The van der Waals surface area contributed by atoms with E-state index in [-0.39, 0.29) is 18.8 Å². The summed E-state index contributed by atoms with van der Waals surface area (Å²) in [5.74, 6) is -0.579. The van der Waals surface area contributed by atoms with Gasteiger partial charge in [0.2, 0.25) is 5.91 Å². The Morgan fingerprint density at radius 3 is 2.45 bits per heavy atom. The van der Waals surface area contributed by atoms with Crippen molar-refractivity contribution in [3.8, 4) is 5.75 Å². The topological polar surface area (TPSA) is 91.2 Å². The number of carboxylic acid groups (broad SMARTS) is 1. The van der Waals surface area contributed by atoms with Crippen LogP contribution >= 0.6 is 0 Å². The minimum atomic E-state index is -1.12. The highest BCUT2D eigenvalue weighted by Gasteiger charge is 2.32. The molecule has 2 aliphatic heterocycles. The average molecular weight is 512 g/mol. The van der Waals surface area contributed by atoms with Gasteiger partial charge in [0.15, 0.2) is 0 Å². The number of aliphatic imine (C=N–C) groups is 1. The van der Waals surface area contributed by atoms with E-state index in [0.29, 0.717) is 18.1 Å². The Morgan fingerprint density at radius 1 is 1.03 bits per heavy atom. The van der Waals surface area contributed by atoms with E-state index in [1.807, 2.05) is 53.6 Å². The second-order valence-electron chi connectivity index (χ2n) is 9.10. The van der Waals surface area contributed by atoms with Gasteiger partial charge in [0.25, 0.3) is 0 Å². The summed E-state index contributed by atoms with van der Waals surface area (Å²) in [6, 6.07) is 21.1. The number of rotatable bonds is 9. The molecule has 0 aromatic heterocycles. The minimum Gasteiger partial charge on any atom is -0.489 e. The first-order valence-electron chi connectivity index (χ1n) is 12.2. The molecule has 3 aromatic carbocycles. The largest absolute Gasteiger partial charge is 0.489 e. The number of amidine groups is 1. The number of carbonyl (C=O) groups excluding carboxylic acids is 1. The lowest BCUT2D eigenvalue weighted by atomic mass is 10.0. The van der Waals surface area contributed by atoms with Gasteiger partial charge in [-0.15, -0.1) is 0 Å². The number of hydrogen-bond acceptors (Lipinski definition) is 5. The number of hydrogen-bond donors (Lipinski definition) is 2. The molecular formula is C30H26FN3O4. The molecule has 0 saturated carbocycles. The maximum absolute atomic E-state index is 13.0. The first kappa shape index (κ1) is 25.0. The van der Waals surface area contributed by atoms with Gasteiger partial charge >= 0.3 is 5.97 Å². The Hall–Kier alpha value is -4.72. The van der Waals surface area contributed by atoms with Gasteiger partial charge in [-0.1, -0.05) is 54.6 Å². The highest BCUT2D eigenvalue weighted by Crippen LogP contribution is 2.24. The summed E-state index contributed by atoms with van der Waals surface area (Å²) in [6.45, 7) is 0.633. The molecule has 7 nitrogen and oxygen atoms in total. The molecule has 192 valence electrons. The number of amides is 1. The monoisotopic (exact) mass is 511 g/mol. The summed E-state index contributed by atoms with van der Waals surface area (Å²) in [7, 11) is 0. The van der Waals surface area contributed by atoms with Crippen LogP contribution in [-0.4, -0.2) is 46.3 Å². The standard InChI is InChI=1S/C30H26FN3O4/c31-24-10-6-21(7-11-24)19-38-25-12-8-20(9-13-25)16-26(30(36)37)33-29(35)27-18-34-15-14-23(17-28(34)32-27)22-4-2-1-3-5-22/h1-15,17,26-27H,16,18-19H2,(H,33,35)(H,36,37). The Labute approximate surface area is 219 Å². The van der Waals surface area contributed by atoms with Gasteiger partial charge < -0.3 is 20.1 Å². The number of aliphatic carboxylic acids is 1. The number of allylic oxidation sites excluding steroid dienone is 2. The summed E-state index contributed by atoms with van der Waals surface area (Å²) in [6.07, 6.45) is 5.91. The number of nitrogens with one attached hydrogen (secondary N) is 1. The molecule has 38 heavy (non-hydrogen) atoms. The van der Waals surface area contributed by atoms with Gasteiger partial charge in [-0.3, -0.25) is 9.79 Å². The molecule has 1 amide bonds. The number of nitrogens with zero attached hydrogens (tertiary/aromatic N) is 2. The fraction of sp³-hybridized carbons (Fsp3) is 0.167. The summed E-state index contributed by atoms with van der Waals surface area (Å²) >= 11 is 0. The van der Waals surface area contributed by atoms with Crippen molar-refractivity contribution in [3.05, 3.63) is 120 Å². The van der Waals surface area contributed by atoms with Crippen molar-refractivity contribution in [1.82, 2.24) is 10.2 Å². The molecule has 2 heterocycles. The maximum Gasteiger partial charge on any atom is 0.326 e. The van der Waals surface area contributed by atoms with E-state index >= 15 is 0 Å². The smallest absolute Gasteiger partial charge is 0.326 e. The van der Waals surface area contributed by atoms with E-state index in [9.17, 15) is 19.1 Å². The van der Waals surface area contributed by atoms with E-state index in [1.54, 1.807) is 36.4 Å². The van der Waals surface area contributed by atoms with Crippen LogP contribution < -0.4 is 10.1 Å². The number of carboxylic acids is 1. The van der Waals surface area contributed by atoms with Crippen LogP contribution in [0.3, 0.4) is 0 Å². The van der Waals surface area contributed by atoms with E-state index in [1.165, 1.54) is 12.1 Å². The normalized spacial score (nSPS) is 16.8. The molecule has 2 aliphatic rings. The van der Waals surface area contributed by atoms with Gasteiger partial charge in [0.1, 0.15) is 36.1 Å². The van der Waals surface area contributed by atoms with Gasteiger partial charge in [0.05, 0.1) is 6.54 Å². The minimum absolute atomic E-state index is 0.115. The van der Waals surface area contributed by atoms with Crippen molar-refractivity contribution in [2.24, 2.45) is 4.99 Å². The first-order chi connectivity index (χ1) is 18.4. The van der Waals surface area contributed by atoms with E-state index in [0.717, 1.165) is 22.3 Å². The maximum atomic E-state index is 13.0. The van der Waals surface area contributed by atoms with E-state index in [4.69, 9.17) is 4.74 Å². The molecule has 0 radical (unpaired) electrons. The second kappa shape index (κ2) is 11.1. The third-order valence-electron chi connectivity index (χ3n) is 6.38. The molecule has 0 aliphatic carbocycles. The van der Waals surface area contributed by atoms with Crippen LogP contribution in [0.1, 0.15) is 16.7 Å². The zero-order chi connectivity index (χ0) is 26.5. The van der Waals surface area contributed by atoms with Crippen LogP contribution in [-0.2, 0) is 22.6 Å². The molecule has 0 saturated heterocycles. The summed E-state index contributed by atoms with van der Waals surface area (Å²) in [4.78, 5) is 31.3. The molecule has 0 bridgehead atoms. The first-order valence-corrected chi connectivity index (χ1v) is 12.2. The van der Waals surface area contributed by atoms with Crippen LogP contribution in [0.25, 0.3) is 5.57 Å². The fourth-order valence-electron chi connectivity index (χ4n) is 4.29. The van der Waals surface area contributed by atoms with E-state index in [2.05, 4.69) is 10.3 Å². The molecule has 2 atom stereocenters. The molecule has 2 N–H and O–H groups in total. The molecule has 0 fully saturated rings. The molecule has 2 unspecified atom stereocenters. The summed E-state index contributed by atoms with van der Waals surface area (Å²) in [5.41, 5.74) is 3.62. The van der Waals surface area contributed by atoms with Crippen molar-refractivity contribution < 1.29 is 23.8 Å². The summed E-state index contributed by atoms with van der Waals surface area (Å²) in [5, 5.41) is 12.4. The van der Waals surface area contributed by atoms with Crippen LogP contribution in [0.15, 0.2) is 102 Å². The van der Waals surface area contributed by atoms with E-state index < -0.39 is 24.0 Å². The Kier molecular flexibility index (Phi) is 7.31. The predicted octanol–water partition coefficient (Wildman–Crippen LogP) is 4.21. The van der Waals surface area contributed by atoms with Crippen molar-refractivity contribution in [2.75, 3.05) is 6.54 Å². The number of halogens is 1. The molecule has 5 rings (SSSR count). The molecule has 3 aromatic rings. The lowest BCUT2D eigenvalue weighted by Gasteiger charge is -2.20. The van der Waals surface area contributed by atoms with Crippen molar-refractivity contribution in [2.45, 2.75) is 25.1 Å². The third kappa shape index (κ3) is 5.98. The fourth-order valence-corrected chi connectivity index (χ4v) is 4.29. The Morgan fingerprint density at radius 2 is 1.74 bits per heavy atom. The van der Waals surface area contributed by atoms with Gasteiger partial charge in [-0.2, -0.15) is 0 Å². The van der Waals surface area contributed by atoms with Gasteiger partial charge in [-0.05, 0) is 58.7 Å². The molecule has 8 heteroatoms. The quantitative estimate of drug-likeness (QED) is 0.449. The number of benzene rings is 3. The zero-order valence-corrected chi connectivity index (χ0v) is 20.5. The van der Waals surface area contributed by atoms with Crippen LogP contribution in [0.4, 0.5) is 4.39 Å². The average Bonchev–Trinajstić information content (AvgIpc) is 3.37. The Bertz CT molecular complexity index is 1400. The third-order valence-corrected chi connectivity index (χ3v) is 6.38. The Balaban J connectivity index is 1.18. The zero-order valence-electron chi connectivity index (χ0n) is 20.5. The SMILES string of the molecule is O=C(NC(Cc1ccc(OCc2ccc(F)cc2)cc1)C(=O)O)C1CN2C=CC(c3ccccc3)=CC2=N1. The highest BCUT2D eigenvalue weighted by molar-refractivity contribution is 6.06. The highest BCUT2D eigenvalue weighted by atomic mass is 19.1. The van der Waals surface area contributed by atoms with Crippen molar-refractivity contribution in [1.29, 1.82) is 0 Å². The van der Waals surface area contributed by atoms with Crippen molar-refractivity contribution >= 4 is 23.3 Å². The number of ether oxygens (including phenoxy) is 1. The molecule has 0 spiro atoms. The lowest BCUT2D eigenvalue weighted by molar-refractivity contribution is -0.141. The molecular weight excluding hydrogens is 485 g/mol. The van der Waals surface area contributed by atoms with Crippen molar-refractivity contribution in [3.63, 3.8) is 0 Å². The van der Waals surface area contributed by atoms with Crippen LogP contribution in [0, 0.1) is 5.82 Å². The predicted molar refractivity (Wildman–Crippen MR) is 142 cm³/mol. The number of carbonyl (C=O) groups is 2.